The minimum absolute atomic E-state index is 0.0218. The third-order valence-electron chi connectivity index (χ3n) is 4.99. The SMILES string of the molecule is CCNC(=NCc1ncc(C(C)(C)C)o1)N1CCC(CN(CC)CC)C1. The molecule has 2 heterocycles. The standard InChI is InChI=1S/C20H37N5O/c1-7-21-19(23-13-18-22-12-17(26-18)20(4,5)6)25-11-10-16(15-25)14-24(8-2)9-3/h12,16H,7-11,13-15H2,1-6H3,(H,21,23). The molecule has 1 N–H and O–H groups in total. The van der Waals surface area contributed by atoms with E-state index < -0.39 is 0 Å². The van der Waals surface area contributed by atoms with Crippen LogP contribution in [0.4, 0.5) is 0 Å². The third kappa shape index (κ3) is 5.73. The van der Waals surface area contributed by atoms with Crippen LogP contribution in [0.2, 0.25) is 0 Å². The monoisotopic (exact) mass is 363 g/mol. The first-order valence-corrected chi connectivity index (χ1v) is 10.1. The van der Waals surface area contributed by atoms with E-state index >= 15 is 0 Å². The molecule has 0 aliphatic carbocycles. The summed E-state index contributed by atoms with van der Waals surface area (Å²) in [5.74, 6) is 3.29. The highest BCUT2D eigenvalue weighted by Gasteiger charge is 2.26. The molecule has 1 aromatic rings. The second-order valence-corrected chi connectivity index (χ2v) is 8.12. The Morgan fingerprint density at radius 1 is 1.35 bits per heavy atom. The van der Waals surface area contributed by atoms with E-state index in [1.807, 2.05) is 6.20 Å². The van der Waals surface area contributed by atoms with Gasteiger partial charge in [-0.2, -0.15) is 0 Å². The van der Waals surface area contributed by atoms with E-state index in [9.17, 15) is 0 Å². The van der Waals surface area contributed by atoms with Crippen molar-refractivity contribution in [2.24, 2.45) is 10.9 Å². The van der Waals surface area contributed by atoms with Gasteiger partial charge in [-0.1, -0.05) is 34.6 Å². The number of guanidine groups is 1. The minimum atomic E-state index is -0.0218. The van der Waals surface area contributed by atoms with Gasteiger partial charge in [0.05, 0.1) is 6.20 Å². The lowest BCUT2D eigenvalue weighted by atomic mass is 9.94. The van der Waals surface area contributed by atoms with Crippen LogP contribution in [0.5, 0.6) is 0 Å². The first kappa shape index (κ1) is 20.7. The summed E-state index contributed by atoms with van der Waals surface area (Å²) in [7, 11) is 0. The molecular formula is C20H37N5O. The molecule has 0 spiro atoms. The second-order valence-electron chi connectivity index (χ2n) is 8.12. The Kier molecular flexibility index (Phi) is 7.50. The first-order valence-electron chi connectivity index (χ1n) is 10.1. The fraction of sp³-hybridized carbons (Fsp3) is 0.800. The third-order valence-corrected chi connectivity index (χ3v) is 4.99. The van der Waals surface area contributed by atoms with Crippen molar-refractivity contribution in [2.75, 3.05) is 39.3 Å². The molecule has 1 aliphatic rings. The van der Waals surface area contributed by atoms with Gasteiger partial charge in [-0.15, -0.1) is 0 Å². The number of rotatable bonds is 7. The number of hydrogen-bond acceptors (Lipinski definition) is 4. The maximum atomic E-state index is 5.87. The summed E-state index contributed by atoms with van der Waals surface area (Å²) in [6.45, 7) is 19.9. The van der Waals surface area contributed by atoms with E-state index in [-0.39, 0.29) is 5.41 Å². The predicted molar refractivity (Wildman–Crippen MR) is 107 cm³/mol. The molecule has 1 saturated heterocycles. The molecule has 148 valence electrons. The van der Waals surface area contributed by atoms with Crippen molar-refractivity contribution in [3.05, 3.63) is 17.8 Å². The zero-order valence-electron chi connectivity index (χ0n) is 17.5. The molecule has 1 aromatic heterocycles. The van der Waals surface area contributed by atoms with Crippen LogP contribution in [0.1, 0.15) is 59.6 Å². The van der Waals surface area contributed by atoms with Crippen molar-refractivity contribution >= 4 is 5.96 Å². The Bertz CT molecular complexity index is 571. The molecule has 2 rings (SSSR count). The zero-order chi connectivity index (χ0) is 19.2. The summed E-state index contributed by atoms with van der Waals surface area (Å²) in [6, 6.07) is 0. The van der Waals surface area contributed by atoms with Crippen molar-refractivity contribution in [3.8, 4) is 0 Å². The van der Waals surface area contributed by atoms with Gasteiger partial charge in [-0.05, 0) is 32.4 Å². The van der Waals surface area contributed by atoms with E-state index in [1.165, 1.54) is 13.0 Å². The molecule has 0 saturated carbocycles. The number of nitrogens with one attached hydrogen (secondary N) is 1. The van der Waals surface area contributed by atoms with Crippen LogP contribution in [0, 0.1) is 5.92 Å². The molecule has 0 radical (unpaired) electrons. The fourth-order valence-corrected chi connectivity index (χ4v) is 3.32. The Labute approximate surface area is 159 Å². The molecule has 0 amide bonds. The quantitative estimate of drug-likeness (QED) is 0.596. The molecule has 26 heavy (non-hydrogen) atoms. The van der Waals surface area contributed by atoms with Gasteiger partial charge >= 0.3 is 0 Å². The highest BCUT2D eigenvalue weighted by molar-refractivity contribution is 5.80. The number of hydrogen-bond donors (Lipinski definition) is 1. The van der Waals surface area contributed by atoms with E-state index in [1.54, 1.807) is 0 Å². The Morgan fingerprint density at radius 2 is 2.08 bits per heavy atom. The van der Waals surface area contributed by atoms with Crippen LogP contribution < -0.4 is 5.32 Å². The van der Waals surface area contributed by atoms with Crippen molar-refractivity contribution in [1.29, 1.82) is 0 Å². The lowest BCUT2D eigenvalue weighted by Crippen LogP contribution is -2.40. The molecule has 1 unspecified atom stereocenters. The molecule has 6 heteroatoms. The van der Waals surface area contributed by atoms with E-state index in [2.05, 4.69) is 61.6 Å². The van der Waals surface area contributed by atoms with Gasteiger partial charge in [-0.25, -0.2) is 9.98 Å². The number of nitrogens with zero attached hydrogens (tertiary/aromatic N) is 4. The van der Waals surface area contributed by atoms with Gasteiger partial charge in [0.1, 0.15) is 12.3 Å². The average Bonchev–Trinajstić information content (AvgIpc) is 3.25. The second kappa shape index (κ2) is 9.40. The largest absolute Gasteiger partial charge is 0.443 e. The van der Waals surface area contributed by atoms with Crippen LogP contribution in [0.25, 0.3) is 0 Å². The molecule has 1 aliphatic heterocycles. The number of aromatic nitrogens is 1. The number of oxazole rings is 1. The van der Waals surface area contributed by atoms with Gasteiger partial charge in [0.25, 0.3) is 0 Å². The normalized spacial score (nSPS) is 18.8. The first-order chi connectivity index (χ1) is 12.4. The number of likely N-dealkylation sites (tertiary alicyclic amines) is 1. The molecule has 0 bridgehead atoms. The molecule has 0 aromatic carbocycles. The van der Waals surface area contributed by atoms with Gasteiger partial charge in [0.2, 0.25) is 5.89 Å². The van der Waals surface area contributed by atoms with Crippen LogP contribution in [-0.4, -0.2) is 60.0 Å². The molecule has 6 nitrogen and oxygen atoms in total. The summed E-state index contributed by atoms with van der Waals surface area (Å²) in [6.07, 6.45) is 3.06. The Balaban J connectivity index is 1.97. The summed E-state index contributed by atoms with van der Waals surface area (Å²) >= 11 is 0. The van der Waals surface area contributed by atoms with Crippen LogP contribution >= 0.6 is 0 Å². The fourth-order valence-electron chi connectivity index (χ4n) is 3.32. The van der Waals surface area contributed by atoms with E-state index in [0.717, 1.165) is 44.4 Å². The molecule has 1 fully saturated rings. The Morgan fingerprint density at radius 3 is 2.65 bits per heavy atom. The van der Waals surface area contributed by atoms with Crippen molar-refractivity contribution in [1.82, 2.24) is 20.1 Å². The predicted octanol–water partition coefficient (Wildman–Crippen LogP) is 3.10. The average molecular weight is 364 g/mol. The van der Waals surface area contributed by atoms with E-state index in [4.69, 9.17) is 9.41 Å². The summed E-state index contributed by atoms with van der Waals surface area (Å²) in [5.41, 5.74) is -0.0218. The highest BCUT2D eigenvalue weighted by Crippen LogP contribution is 2.23. The van der Waals surface area contributed by atoms with Gasteiger partial charge < -0.3 is 19.5 Å². The smallest absolute Gasteiger partial charge is 0.216 e. The van der Waals surface area contributed by atoms with Crippen molar-refractivity contribution in [3.63, 3.8) is 0 Å². The topological polar surface area (TPSA) is 56.9 Å². The number of aliphatic imine (C=N–C) groups is 1. The van der Waals surface area contributed by atoms with Gasteiger partial charge in [-0.3, -0.25) is 0 Å². The van der Waals surface area contributed by atoms with E-state index in [0.29, 0.717) is 18.4 Å². The maximum absolute atomic E-state index is 5.87. The van der Waals surface area contributed by atoms with Gasteiger partial charge in [0, 0.05) is 31.6 Å². The van der Waals surface area contributed by atoms with Crippen LogP contribution in [0.15, 0.2) is 15.6 Å². The minimum Gasteiger partial charge on any atom is -0.443 e. The summed E-state index contributed by atoms with van der Waals surface area (Å²) in [5, 5.41) is 3.43. The van der Waals surface area contributed by atoms with Crippen LogP contribution in [-0.2, 0) is 12.0 Å². The highest BCUT2D eigenvalue weighted by atomic mass is 16.4. The van der Waals surface area contributed by atoms with Crippen LogP contribution in [0.3, 0.4) is 0 Å². The Hall–Kier alpha value is -1.56. The zero-order valence-corrected chi connectivity index (χ0v) is 17.5. The van der Waals surface area contributed by atoms with Crippen molar-refractivity contribution < 1.29 is 4.42 Å². The molecule has 1 atom stereocenters. The summed E-state index contributed by atoms with van der Waals surface area (Å²) in [4.78, 5) is 14.1. The van der Waals surface area contributed by atoms with Crippen molar-refractivity contribution in [2.45, 2.75) is 59.9 Å². The maximum Gasteiger partial charge on any atom is 0.216 e. The molecular weight excluding hydrogens is 326 g/mol. The lowest BCUT2D eigenvalue weighted by molar-refractivity contribution is 0.255. The summed E-state index contributed by atoms with van der Waals surface area (Å²) < 4.78 is 5.87. The van der Waals surface area contributed by atoms with Gasteiger partial charge in [0.15, 0.2) is 5.96 Å². The lowest BCUT2D eigenvalue weighted by Gasteiger charge is -2.24.